The predicted octanol–water partition coefficient (Wildman–Crippen LogP) is 5.62. The molecule has 5 rings (SSSR count). The van der Waals surface area contributed by atoms with Crippen LogP contribution in [-0.4, -0.2) is 27.3 Å². The van der Waals surface area contributed by atoms with Crippen LogP contribution in [-0.2, 0) is 4.79 Å². The topological polar surface area (TPSA) is 81.3 Å². The highest BCUT2D eigenvalue weighted by Crippen LogP contribution is 2.44. The first-order valence-corrected chi connectivity index (χ1v) is 11.4. The second-order valence-corrected chi connectivity index (χ2v) is 8.19. The van der Waals surface area contributed by atoms with Gasteiger partial charge in [0, 0.05) is 18.1 Å². The van der Waals surface area contributed by atoms with Crippen molar-refractivity contribution in [1.29, 1.82) is 0 Å². The summed E-state index contributed by atoms with van der Waals surface area (Å²) in [6.07, 6.45) is 0.966. The Morgan fingerprint density at radius 1 is 1.03 bits per heavy atom. The summed E-state index contributed by atoms with van der Waals surface area (Å²) in [6.45, 7) is 1.48. The van der Waals surface area contributed by atoms with Crippen LogP contribution in [0.15, 0.2) is 70.2 Å². The van der Waals surface area contributed by atoms with E-state index in [-0.39, 0.29) is 11.8 Å². The molecule has 1 amide bonds. The molecule has 4 aromatic rings. The van der Waals surface area contributed by atoms with Gasteiger partial charge < -0.3 is 9.15 Å². The fourth-order valence-corrected chi connectivity index (χ4v) is 4.14. The third-order valence-corrected chi connectivity index (χ3v) is 5.91. The molecule has 0 spiro atoms. The van der Waals surface area contributed by atoms with Crippen LogP contribution in [0.4, 0.5) is 5.69 Å². The van der Waals surface area contributed by atoms with Crippen molar-refractivity contribution in [3.63, 3.8) is 0 Å². The second-order valence-electron chi connectivity index (χ2n) is 7.01. The first-order valence-electron chi connectivity index (χ1n) is 9.76. The van der Waals surface area contributed by atoms with Crippen LogP contribution >= 0.6 is 23.4 Å². The molecule has 1 aliphatic heterocycles. The molecule has 0 fully saturated rings. The fraction of sp³-hybridized carbons (Fsp3) is 0.130. The van der Waals surface area contributed by atoms with E-state index in [1.165, 1.54) is 23.6 Å². The van der Waals surface area contributed by atoms with Crippen LogP contribution in [0.1, 0.15) is 18.9 Å². The molecule has 0 saturated carbocycles. The molecule has 2 aromatic carbocycles. The molecule has 32 heavy (non-hydrogen) atoms. The minimum atomic E-state index is -0.891. The van der Waals surface area contributed by atoms with E-state index in [4.69, 9.17) is 20.8 Å². The summed E-state index contributed by atoms with van der Waals surface area (Å²) in [6, 6.07) is 18.4. The van der Waals surface area contributed by atoms with Crippen LogP contribution in [0.25, 0.3) is 22.6 Å². The van der Waals surface area contributed by atoms with Gasteiger partial charge in [0.2, 0.25) is 23.2 Å². The predicted molar refractivity (Wildman–Crippen MR) is 123 cm³/mol. The number of carbonyl (C=O) groups is 1. The van der Waals surface area contributed by atoms with Gasteiger partial charge in [-0.3, -0.25) is 9.69 Å². The van der Waals surface area contributed by atoms with Crippen LogP contribution in [0, 0.1) is 0 Å². The number of hydrogen-bond acceptors (Lipinski definition) is 7. The van der Waals surface area contributed by atoms with Gasteiger partial charge in [0.15, 0.2) is 11.5 Å². The Balaban J connectivity index is 1.68. The summed E-state index contributed by atoms with van der Waals surface area (Å²) >= 11 is 7.70. The quantitative estimate of drug-likeness (QED) is 0.364. The standard InChI is InChI=1S/C23H17ClN4O3S/c1-13(29)28-17-10-6-4-8-15(17)20-21(25-23(32-2)27-26-20)31-22(28)19-12-11-18(30-19)14-7-3-5-9-16(14)24/h3-12,22H,1-2H3/t22-/m0/s1. The summed E-state index contributed by atoms with van der Waals surface area (Å²) in [7, 11) is 0. The molecule has 0 saturated heterocycles. The van der Waals surface area contributed by atoms with E-state index >= 15 is 0 Å². The number of anilines is 1. The summed E-state index contributed by atoms with van der Waals surface area (Å²) in [5, 5.41) is 9.52. The van der Waals surface area contributed by atoms with Crippen molar-refractivity contribution in [3.8, 4) is 28.5 Å². The smallest absolute Gasteiger partial charge is 0.247 e. The third-order valence-electron chi connectivity index (χ3n) is 5.04. The van der Waals surface area contributed by atoms with Crippen LogP contribution in [0.3, 0.4) is 0 Å². The number of rotatable bonds is 3. The Bertz CT molecular complexity index is 1330. The van der Waals surface area contributed by atoms with E-state index in [0.29, 0.717) is 38.6 Å². The highest BCUT2D eigenvalue weighted by Gasteiger charge is 2.36. The SMILES string of the molecule is CSc1nnc2c(n1)O[C@@H](c1ccc(-c3ccccc3Cl)o1)N(C(C)=O)c1ccccc1-2. The van der Waals surface area contributed by atoms with Crippen LogP contribution < -0.4 is 9.64 Å². The number of nitrogens with zero attached hydrogens (tertiary/aromatic N) is 4. The van der Waals surface area contributed by atoms with E-state index in [1.54, 1.807) is 12.1 Å². The Kier molecular flexibility index (Phi) is 5.32. The number of aromatic nitrogens is 3. The second kappa shape index (κ2) is 8.29. The Morgan fingerprint density at radius 2 is 1.78 bits per heavy atom. The van der Waals surface area contributed by atoms with Gasteiger partial charge in [-0.1, -0.05) is 53.7 Å². The van der Waals surface area contributed by atoms with Gasteiger partial charge in [0.1, 0.15) is 5.76 Å². The van der Waals surface area contributed by atoms with Gasteiger partial charge >= 0.3 is 0 Å². The van der Waals surface area contributed by atoms with Crippen molar-refractivity contribution in [2.75, 3.05) is 11.2 Å². The number of halogens is 1. The molecule has 7 nitrogen and oxygen atoms in total. The lowest BCUT2D eigenvalue weighted by Gasteiger charge is -2.28. The number of ether oxygens (including phenoxy) is 1. The minimum absolute atomic E-state index is 0.219. The maximum Gasteiger partial charge on any atom is 0.247 e. The van der Waals surface area contributed by atoms with Crippen molar-refractivity contribution in [1.82, 2.24) is 15.2 Å². The van der Waals surface area contributed by atoms with E-state index in [9.17, 15) is 4.79 Å². The average molecular weight is 465 g/mol. The monoisotopic (exact) mass is 464 g/mol. The molecule has 0 radical (unpaired) electrons. The number of furan rings is 1. The molecule has 1 atom stereocenters. The Morgan fingerprint density at radius 3 is 2.53 bits per heavy atom. The third kappa shape index (κ3) is 3.51. The van der Waals surface area contributed by atoms with Crippen LogP contribution in [0.2, 0.25) is 5.02 Å². The number of benzene rings is 2. The van der Waals surface area contributed by atoms with E-state index in [0.717, 1.165) is 5.56 Å². The maximum atomic E-state index is 12.8. The summed E-state index contributed by atoms with van der Waals surface area (Å²) in [5.41, 5.74) is 2.54. The molecule has 3 heterocycles. The van der Waals surface area contributed by atoms with Crippen molar-refractivity contribution < 1.29 is 13.9 Å². The van der Waals surface area contributed by atoms with Crippen molar-refractivity contribution in [2.45, 2.75) is 18.3 Å². The van der Waals surface area contributed by atoms with Gasteiger partial charge in [0.25, 0.3) is 0 Å². The summed E-state index contributed by atoms with van der Waals surface area (Å²) in [5.74, 6) is 1.06. The van der Waals surface area contributed by atoms with E-state index in [2.05, 4.69) is 15.2 Å². The molecular formula is C23H17ClN4O3S. The summed E-state index contributed by atoms with van der Waals surface area (Å²) in [4.78, 5) is 18.9. The van der Waals surface area contributed by atoms with Gasteiger partial charge in [-0.2, -0.15) is 4.98 Å². The lowest BCUT2D eigenvalue weighted by atomic mass is 10.1. The van der Waals surface area contributed by atoms with Crippen LogP contribution in [0.5, 0.6) is 5.88 Å². The van der Waals surface area contributed by atoms with Gasteiger partial charge in [-0.15, -0.1) is 10.2 Å². The number of fused-ring (bicyclic) bond motifs is 3. The fourth-order valence-electron chi connectivity index (χ4n) is 3.62. The number of amides is 1. The van der Waals surface area contributed by atoms with Gasteiger partial charge in [-0.25, -0.2) is 0 Å². The minimum Gasteiger partial charge on any atom is -0.455 e. The van der Waals surface area contributed by atoms with E-state index < -0.39 is 6.23 Å². The van der Waals surface area contributed by atoms with Gasteiger partial charge in [0.05, 0.1) is 10.7 Å². The zero-order valence-electron chi connectivity index (χ0n) is 17.2. The number of para-hydroxylation sites is 1. The largest absolute Gasteiger partial charge is 0.455 e. The Labute approximate surface area is 193 Å². The van der Waals surface area contributed by atoms with E-state index in [1.807, 2.05) is 54.8 Å². The molecule has 2 aromatic heterocycles. The lowest BCUT2D eigenvalue weighted by Crippen LogP contribution is -2.35. The first kappa shape index (κ1) is 20.5. The number of hydrogen-bond donors (Lipinski definition) is 0. The average Bonchev–Trinajstić information content (AvgIpc) is 3.23. The molecule has 160 valence electrons. The zero-order chi connectivity index (χ0) is 22.2. The number of carbonyl (C=O) groups excluding carboxylic acids is 1. The molecule has 0 N–H and O–H groups in total. The Hall–Kier alpha value is -3.36. The lowest BCUT2D eigenvalue weighted by molar-refractivity contribution is -0.118. The summed E-state index contributed by atoms with van der Waals surface area (Å²) < 4.78 is 12.4. The highest BCUT2D eigenvalue weighted by molar-refractivity contribution is 7.98. The molecule has 0 bridgehead atoms. The highest BCUT2D eigenvalue weighted by atomic mass is 35.5. The molecule has 0 unspecified atom stereocenters. The first-order chi connectivity index (χ1) is 15.6. The van der Waals surface area contributed by atoms with Gasteiger partial charge in [-0.05, 0) is 36.6 Å². The molecule has 0 aliphatic carbocycles. The maximum absolute atomic E-state index is 12.8. The van der Waals surface area contributed by atoms with Crippen molar-refractivity contribution in [3.05, 3.63) is 71.4 Å². The molecule has 9 heteroatoms. The normalized spacial score (nSPS) is 14.8. The molecular weight excluding hydrogens is 448 g/mol. The van der Waals surface area contributed by atoms with Crippen molar-refractivity contribution >= 4 is 35.0 Å². The zero-order valence-corrected chi connectivity index (χ0v) is 18.7. The van der Waals surface area contributed by atoms with Crippen molar-refractivity contribution in [2.24, 2.45) is 0 Å². The molecule has 1 aliphatic rings. The number of thioether (sulfide) groups is 1.